The lowest BCUT2D eigenvalue weighted by Crippen LogP contribution is -2.21. The number of ether oxygens (including phenoxy) is 1. The summed E-state index contributed by atoms with van der Waals surface area (Å²) in [6.07, 6.45) is 6.22. The van der Waals surface area contributed by atoms with Crippen LogP contribution in [0.1, 0.15) is 36.8 Å². The van der Waals surface area contributed by atoms with Gasteiger partial charge in [0.05, 0.1) is 18.9 Å². The second kappa shape index (κ2) is 7.00. The van der Waals surface area contributed by atoms with Gasteiger partial charge in [-0.2, -0.15) is 5.10 Å². The Hall–Kier alpha value is -1.95. The number of nitrogens with zero attached hydrogens (tertiary/aromatic N) is 2. The van der Waals surface area contributed by atoms with Crippen molar-refractivity contribution in [2.75, 3.05) is 0 Å². The Labute approximate surface area is 117 Å². The number of hydrogen-bond donors (Lipinski definition) is 2. The molecular weight excluding hydrogens is 259 g/mol. The first kappa shape index (κ1) is 14.5. The van der Waals surface area contributed by atoms with Gasteiger partial charge in [0.2, 0.25) is 5.96 Å². The summed E-state index contributed by atoms with van der Waals surface area (Å²) in [5, 5.41) is 7.09. The SMILES string of the molecule is NC(N)=NN=Cc1ccc(COC2CCCC2)c(F)c1. The van der Waals surface area contributed by atoms with Crippen LogP contribution in [0.5, 0.6) is 0 Å². The van der Waals surface area contributed by atoms with Crippen molar-refractivity contribution in [1.82, 2.24) is 0 Å². The lowest BCUT2D eigenvalue weighted by atomic mass is 10.1. The lowest BCUT2D eigenvalue weighted by molar-refractivity contribution is 0.0441. The van der Waals surface area contributed by atoms with Gasteiger partial charge in [0, 0.05) is 5.56 Å². The quantitative estimate of drug-likeness (QED) is 0.490. The summed E-state index contributed by atoms with van der Waals surface area (Å²) in [5.74, 6) is -0.444. The number of nitrogens with two attached hydrogens (primary N) is 2. The van der Waals surface area contributed by atoms with Gasteiger partial charge in [-0.05, 0) is 24.5 Å². The van der Waals surface area contributed by atoms with Crippen molar-refractivity contribution in [1.29, 1.82) is 0 Å². The highest BCUT2D eigenvalue weighted by Crippen LogP contribution is 2.22. The molecule has 0 unspecified atom stereocenters. The fraction of sp³-hybridized carbons (Fsp3) is 0.429. The molecular formula is C14H19FN4O. The normalized spacial score (nSPS) is 15.8. The second-order valence-corrected chi connectivity index (χ2v) is 4.84. The van der Waals surface area contributed by atoms with Crippen molar-refractivity contribution in [3.8, 4) is 0 Å². The molecule has 2 rings (SSSR count). The maximum atomic E-state index is 13.9. The molecule has 0 atom stereocenters. The van der Waals surface area contributed by atoms with E-state index in [4.69, 9.17) is 16.2 Å². The Morgan fingerprint density at radius 2 is 2.10 bits per heavy atom. The smallest absolute Gasteiger partial charge is 0.211 e. The van der Waals surface area contributed by atoms with E-state index in [-0.39, 0.29) is 17.9 Å². The summed E-state index contributed by atoms with van der Waals surface area (Å²) >= 11 is 0. The van der Waals surface area contributed by atoms with Gasteiger partial charge in [0.15, 0.2) is 0 Å². The highest BCUT2D eigenvalue weighted by molar-refractivity contribution is 5.81. The van der Waals surface area contributed by atoms with Gasteiger partial charge in [0.25, 0.3) is 0 Å². The van der Waals surface area contributed by atoms with Crippen LogP contribution < -0.4 is 11.5 Å². The Balaban J connectivity index is 1.94. The topological polar surface area (TPSA) is 86.0 Å². The van der Waals surface area contributed by atoms with Crippen molar-refractivity contribution in [2.45, 2.75) is 38.4 Å². The van der Waals surface area contributed by atoms with Crippen LogP contribution in [-0.2, 0) is 11.3 Å². The minimum atomic E-state index is -0.309. The van der Waals surface area contributed by atoms with E-state index in [2.05, 4.69) is 10.2 Å². The molecule has 1 aliphatic rings. The van der Waals surface area contributed by atoms with Gasteiger partial charge in [-0.15, -0.1) is 5.10 Å². The van der Waals surface area contributed by atoms with E-state index in [1.165, 1.54) is 25.1 Å². The van der Waals surface area contributed by atoms with Gasteiger partial charge in [-0.1, -0.05) is 25.0 Å². The van der Waals surface area contributed by atoms with Crippen LogP contribution in [0.4, 0.5) is 4.39 Å². The van der Waals surface area contributed by atoms with Crippen molar-refractivity contribution in [3.63, 3.8) is 0 Å². The van der Waals surface area contributed by atoms with Crippen molar-refractivity contribution in [3.05, 3.63) is 35.1 Å². The monoisotopic (exact) mass is 278 g/mol. The van der Waals surface area contributed by atoms with Gasteiger partial charge < -0.3 is 16.2 Å². The van der Waals surface area contributed by atoms with E-state index in [9.17, 15) is 4.39 Å². The average molecular weight is 278 g/mol. The minimum absolute atomic E-state index is 0.136. The van der Waals surface area contributed by atoms with Crippen LogP contribution in [0, 0.1) is 5.82 Å². The molecule has 1 aromatic rings. The predicted molar refractivity (Wildman–Crippen MR) is 76.8 cm³/mol. The molecule has 5 nitrogen and oxygen atoms in total. The van der Waals surface area contributed by atoms with Gasteiger partial charge in [-0.25, -0.2) is 4.39 Å². The van der Waals surface area contributed by atoms with Gasteiger partial charge in [-0.3, -0.25) is 0 Å². The van der Waals surface area contributed by atoms with Gasteiger partial charge in [0.1, 0.15) is 5.82 Å². The molecule has 108 valence electrons. The van der Waals surface area contributed by atoms with Crippen LogP contribution in [0.15, 0.2) is 28.4 Å². The highest BCUT2D eigenvalue weighted by Gasteiger charge is 2.15. The summed E-state index contributed by atoms with van der Waals surface area (Å²) < 4.78 is 19.6. The Bertz CT molecular complexity index is 506. The van der Waals surface area contributed by atoms with E-state index >= 15 is 0 Å². The van der Waals surface area contributed by atoms with Crippen LogP contribution in [0.25, 0.3) is 0 Å². The Morgan fingerprint density at radius 3 is 2.75 bits per heavy atom. The number of halogens is 1. The van der Waals surface area contributed by atoms with Crippen LogP contribution >= 0.6 is 0 Å². The molecule has 0 aromatic heterocycles. The molecule has 0 spiro atoms. The third-order valence-corrected chi connectivity index (χ3v) is 3.23. The number of rotatable bonds is 5. The van der Waals surface area contributed by atoms with Crippen molar-refractivity contribution in [2.24, 2.45) is 21.7 Å². The summed E-state index contributed by atoms with van der Waals surface area (Å²) in [6.45, 7) is 0.307. The lowest BCUT2D eigenvalue weighted by Gasteiger charge is -2.11. The van der Waals surface area contributed by atoms with E-state index in [1.807, 2.05) is 0 Å². The maximum Gasteiger partial charge on any atom is 0.211 e. The Morgan fingerprint density at radius 1 is 1.35 bits per heavy atom. The number of hydrogen-bond acceptors (Lipinski definition) is 3. The van der Waals surface area contributed by atoms with Crippen LogP contribution in [0.3, 0.4) is 0 Å². The van der Waals surface area contributed by atoms with Crippen molar-refractivity contribution >= 4 is 12.2 Å². The zero-order valence-electron chi connectivity index (χ0n) is 11.3. The van der Waals surface area contributed by atoms with Gasteiger partial charge >= 0.3 is 0 Å². The molecule has 1 saturated carbocycles. The molecule has 0 radical (unpaired) electrons. The third kappa shape index (κ3) is 4.31. The molecule has 0 bridgehead atoms. The first-order valence-corrected chi connectivity index (χ1v) is 6.67. The number of guanidine groups is 1. The van der Waals surface area contributed by atoms with E-state index in [1.54, 1.807) is 12.1 Å². The van der Waals surface area contributed by atoms with E-state index < -0.39 is 0 Å². The van der Waals surface area contributed by atoms with Crippen LogP contribution in [0.2, 0.25) is 0 Å². The molecule has 1 aliphatic carbocycles. The third-order valence-electron chi connectivity index (χ3n) is 3.23. The summed E-state index contributed by atoms with van der Waals surface area (Å²) in [7, 11) is 0. The summed E-state index contributed by atoms with van der Waals surface area (Å²) in [6, 6.07) is 4.84. The predicted octanol–water partition coefficient (Wildman–Crippen LogP) is 1.89. The van der Waals surface area contributed by atoms with Crippen LogP contribution in [-0.4, -0.2) is 18.3 Å². The molecule has 0 aliphatic heterocycles. The Kier molecular flexibility index (Phi) is 5.06. The number of benzene rings is 1. The zero-order valence-corrected chi connectivity index (χ0v) is 11.3. The molecule has 1 fully saturated rings. The molecule has 0 heterocycles. The average Bonchev–Trinajstić information content (AvgIpc) is 2.90. The molecule has 6 heteroatoms. The standard InChI is InChI=1S/C14H19FN4O/c15-13-7-10(8-18-19-14(16)17)5-6-11(13)9-20-12-3-1-2-4-12/h5-8,12H,1-4,9H2,(H4,16,17,19). The maximum absolute atomic E-state index is 13.9. The van der Waals surface area contributed by atoms with E-state index in [0.29, 0.717) is 17.7 Å². The molecule has 4 N–H and O–H groups in total. The molecule has 1 aromatic carbocycles. The molecule has 20 heavy (non-hydrogen) atoms. The molecule has 0 saturated heterocycles. The first-order chi connectivity index (χ1) is 9.65. The van der Waals surface area contributed by atoms with E-state index in [0.717, 1.165) is 12.8 Å². The molecule has 0 amide bonds. The first-order valence-electron chi connectivity index (χ1n) is 6.67. The fourth-order valence-corrected chi connectivity index (χ4v) is 2.19. The summed E-state index contributed by atoms with van der Waals surface area (Å²) in [4.78, 5) is 0. The minimum Gasteiger partial charge on any atom is -0.373 e. The fourth-order valence-electron chi connectivity index (χ4n) is 2.19. The largest absolute Gasteiger partial charge is 0.373 e. The van der Waals surface area contributed by atoms with Crippen molar-refractivity contribution < 1.29 is 9.13 Å². The summed E-state index contributed by atoms with van der Waals surface area (Å²) in [5.41, 5.74) is 11.4. The highest BCUT2D eigenvalue weighted by atomic mass is 19.1. The zero-order chi connectivity index (χ0) is 14.4. The second-order valence-electron chi connectivity index (χ2n) is 4.84.